The second kappa shape index (κ2) is 3.08. The van der Waals surface area contributed by atoms with Crippen molar-refractivity contribution in [2.24, 2.45) is 0 Å². The third-order valence-corrected chi connectivity index (χ3v) is 2.91. The van der Waals surface area contributed by atoms with Crippen molar-refractivity contribution in [1.82, 2.24) is 4.98 Å². The first-order valence-corrected chi connectivity index (χ1v) is 4.41. The summed E-state index contributed by atoms with van der Waals surface area (Å²) in [6, 6.07) is 0. The Morgan fingerprint density at radius 3 is 2.40 bits per heavy atom. The highest BCUT2D eigenvalue weighted by molar-refractivity contribution is 14.1. The number of aryl methyl sites for hydroxylation is 1. The van der Waals surface area contributed by atoms with Gasteiger partial charge in [0.05, 0.1) is 7.89 Å². The monoisotopic (exact) mass is 275 g/mol. The quantitative estimate of drug-likeness (QED) is 0.718. The van der Waals surface area contributed by atoms with Crippen LogP contribution in [-0.2, 0) is 0 Å². The van der Waals surface area contributed by atoms with E-state index in [1.165, 1.54) is 11.3 Å². The smallest absolute Gasteiger partial charge is 0.239 e. The fourth-order valence-electron chi connectivity index (χ4n) is 0.553. The molecule has 0 aromatic carbocycles. The third kappa shape index (κ3) is 1.63. The third-order valence-electron chi connectivity index (χ3n) is 0.923. The zero-order valence-corrected chi connectivity index (χ0v) is 8.04. The Morgan fingerprint density at radius 1 is 1.60 bits per heavy atom. The van der Waals surface area contributed by atoms with E-state index in [9.17, 15) is 8.78 Å². The van der Waals surface area contributed by atoms with E-state index >= 15 is 0 Å². The highest BCUT2D eigenvalue weighted by Gasteiger charge is 2.15. The van der Waals surface area contributed by atoms with E-state index in [2.05, 4.69) is 4.98 Å². The highest BCUT2D eigenvalue weighted by atomic mass is 127. The number of rotatable bonds is 1. The molecule has 1 nitrogen and oxygen atoms in total. The van der Waals surface area contributed by atoms with Gasteiger partial charge >= 0.3 is 0 Å². The molecule has 0 unspecified atom stereocenters. The molecule has 56 valence electrons. The maximum absolute atomic E-state index is 12.0. The van der Waals surface area contributed by atoms with Crippen molar-refractivity contribution < 1.29 is 8.78 Å². The van der Waals surface area contributed by atoms with Crippen LogP contribution in [0.4, 0.5) is 8.78 Å². The first-order valence-electron chi connectivity index (χ1n) is 2.52. The zero-order valence-electron chi connectivity index (χ0n) is 5.07. The first kappa shape index (κ1) is 8.32. The van der Waals surface area contributed by atoms with Gasteiger partial charge in [-0.1, -0.05) is 0 Å². The van der Waals surface area contributed by atoms with Gasteiger partial charge in [-0.05, 0) is 29.5 Å². The molecule has 0 saturated heterocycles. The molecule has 0 N–H and O–H groups in total. The van der Waals surface area contributed by atoms with Crippen LogP contribution in [0.15, 0.2) is 0 Å². The number of hydrogen-bond acceptors (Lipinski definition) is 2. The molecule has 10 heavy (non-hydrogen) atoms. The average molecular weight is 275 g/mol. The van der Waals surface area contributed by atoms with Crippen molar-refractivity contribution in [3.63, 3.8) is 0 Å². The standard InChI is InChI=1S/C5H4F2INS/c1-2-9-3(4(6)7)5(8)10-2/h4H,1H3. The van der Waals surface area contributed by atoms with Gasteiger partial charge in [-0.25, -0.2) is 13.8 Å². The molecule has 5 heteroatoms. The second-order valence-electron chi connectivity index (χ2n) is 1.69. The van der Waals surface area contributed by atoms with Crippen LogP contribution in [0.1, 0.15) is 17.1 Å². The molecule has 0 aliphatic heterocycles. The molecule has 0 atom stereocenters. The fourth-order valence-corrected chi connectivity index (χ4v) is 2.51. The lowest BCUT2D eigenvalue weighted by atomic mass is 10.5. The van der Waals surface area contributed by atoms with E-state index in [4.69, 9.17) is 0 Å². The van der Waals surface area contributed by atoms with Crippen molar-refractivity contribution in [3.8, 4) is 0 Å². The minimum Gasteiger partial charge on any atom is -0.239 e. The van der Waals surface area contributed by atoms with Crippen molar-refractivity contribution in [3.05, 3.63) is 13.6 Å². The summed E-state index contributed by atoms with van der Waals surface area (Å²) in [4.78, 5) is 3.67. The summed E-state index contributed by atoms with van der Waals surface area (Å²) in [5, 5.41) is 0.694. The van der Waals surface area contributed by atoms with Crippen molar-refractivity contribution >= 4 is 33.9 Å². The summed E-state index contributed by atoms with van der Waals surface area (Å²) in [7, 11) is 0. The summed E-state index contributed by atoms with van der Waals surface area (Å²) in [6.45, 7) is 1.72. The predicted octanol–water partition coefficient (Wildman–Crippen LogP) is 2.99. The maximum Gasteiger partial charge on any atom is 0.282 e. The average Bonchev–Trinajstić information content (AvgIpc) is 2.10. The number of aromatic nitrogens is 1. The second-order valence-corrected chi connectivity index (χ2v) is 4.71. The van der Waals surface area contributed by atoms with Crippen molar-refractivity contribution in [2.45, 2.75) is 13.3 Å². The molecule has 1 aromatic heterocycles. The molecule has 0 saturated carbocycles. The molecule has 0 fully saturated rings. The molecule has 0 aliphatic rings. The number of alkyl halides is 2. The Balaban J connectivity index is 3.03. The Kier molecular flexibility index (Phi) is 2.56. The normalized spacial score (nSPS) is 10.9. The summed E-state index contributed by atoms with van der Waals surface area (Å²) in [5.41, 5.74) is -0.0805. The van der Waals surface area contributed by atoms with Gasteiger partial charge in [0, 0.05) is 0 Å². The van der Waals surface area contributed by atoms with E-state index in [-0.39, 0.29) is 5.69 Å². The van der Waals surface area contributed by atoms with Gasteiger partial charge in [0.15, 0.2) is 0 Å². The van der Waals surface area contributed by atoms with Gasteiger partial charge in [-0.2, -0.15) is 0 Å². The number of thiazole rings is 1. The number of nitrogens with zero attached hydrogens (tertiary/aromatic N) is 1. The summed E-state index contributed by atoms with van der Waals surface area (Å²) >= 11 is 3.17. The van der Waals surface area contributed by atoms with Crippen LogP contribution in [0.5, 0.6) is 0 Å². The molecular formula is C5H4F2INS. The van der Waals surface area contributed by atoms with Crippen LogP contribution in [0.2, 0.25) is 0 Å². The van der Waals surface area contributed by atoms with Crippen molar-refractivity contribution in [1.29, 1.82) is 0 Å². The number of halogens is 3. The van der Waals surface area contributed by atoms with E-state index in [0.717, 1.165) is 0 Å². The minimum absolute atomic E-state index is 0.0805. The molecule has 1 rings (SSSR count). The first-order chi connectivity index (χ1) is 4.61. The molecule has 1 heterocycles. The van der Waals surface area contributed by atoms with Gasteiger partial charge < -0.3 is 0 Å². The molecule has 0 radical (unpaired) electrons. The Labute approximate surface area is 74.6 Å². The molecular weight excluding hydrogens is 271 g/mol. The Hall–Kier alpha value is 0.220. The molecule has 0 spiro atoms. The van der Waals surface area contributed by atoms with Crippen molar-refractivity contribution in [2.75, 3.05) is 0 Å². The van der Waals surface area contributed by atoms with Crippen LogP contribution in [0.3, 0.4) is 0 Å². The van der Waals surface area contributed by atoms with Gasteiger partial charge in [0.2, 0.25) is 0 Å². The van der Waals surface area contributed by atoms with Crippen LogP contribution in [0.25, 0.3) is 0 Å². The van der Waals surface area contributed by atoms with Gasteiger partial charge in [0.25, 0.3) is 6.43 Å². The summed E-state index contributed by atoms with van der Waals surface area (Å²) in [5.74, 6) is 0. The topological polar surface area (TPSA) is 12.9 Å². The fraction of sp³-hybridized carbons (Fsp3) is 0.400. The number of hydrogen-bond donors (Lipinski definition) is 0. The van der Waals surface area contributed by atoms with E-state index in [0.29, 0.717) is 7.89 Å². The lowest BCUT2D eigenvalue weighted by Crippen LogP contribution is -1.85. The van der Waals surface area contributed by atoms with Crippen LogP contribution < -0.4 is 0 Å². The molecule has 1 aromatic rings. The maximum atomic E-state index is 12.0. The lowest BCUT2D eigenvalue weighted by molar-refractivity contribution is 0.146. The highest BCUT2D eigenvalue weighted by Crippen LogP contribution is 2.27. The predicted molar refractivity (Wildman–Crippen MR) is 44.5 cm³/mol. The van der Waals surface area contributed by atoms with E-state index < -0.39 is 6.43 Å². The van der Waals surface area contributed by atoms with Gasteiger partial charge in [-0.3, -0.25) is 0 Å². The van der Waals surface area contributed by atoms with E-state index in [1.807, 2.05) is 22.6 Å². The van der Waals surface area contributed by atoms with E-state index in [1.54, 1.807) is 6.92 Å². The molecule has 0 aliphatic carbocycles. The minimum atomic E-state index is -2.43. The Morgan fingerprint density at radius 2 is 2.20 bits per heavy atom. The zero-order chi connectivity index (χ0) is 7.72. The molecule has 0 bridgehead atoms. The van der Waals surface area contributed by atoms with Crippen LogP contribution in [0, 0.1) is 9.81 Å². The SMILES string of the molecule is Cc1nc(C(F)F)c(I)s1. The summed E-state index contributed by atoms with van der Waals surface area (Å²) in [6.07, 6.45) is -2.43. The van der Waals surface area contributed by atoms with Gasteiger partial charge in [-0.15, -0.1) is 11.3 Å². The van der Waals surface area contributed by atoms with Crippen LogP contribution >= 0.6 is 33.9 Å². The van der Waals surface area contributed by atoms with Crippen LogP contribution in [-0.4, -0.2) is 4.98 Å². The summed E-state index contributed by atoms with van der Waals surface area (Å²) < 4.78 is 24.5. The molecule has 0 amide bonds. The lowest BCUT2D eigenvalue weighted by Gasteiger charge is -1.90. The van der Waals surface area contributed by atoms with Gasteiger partial charge in [0.1, 0.15) is 5.69 Å². The Bertz CT molecular complexity index is 236. The largest absolute Gasteiger partial charge is 0.282 e.